The Balaban J connectivity index is 2.53. The van der Waals surface area contributed by atoms with E-state index in [0.717, 1.165) is 9.86 Å². The minimum Gasteiger partial charge on any atom is -0.442 e. The number of hydrogen-bond donors (Lipinski definition) is 0. The molecular weight excluding hydrogens is 364 g/mol. The molecule has 0 saturated carbocycles. The van der Waals surface area contributed by atoms with Crippen LogP contribution < -0.4 is 0 Å². The molecule has 1 aromatic carbocycles. The summed E-state index contributed by atoms with van der Waals surface area (Å²) in [5, 5.41) is 5.01. The standard InChI is InChI=1S/C12H12Br2N2O2/c1-12(2,3)18-11(17)16-8-6-4-5-7(13)9(8)10(14)15-16/h4-6H,1-3H3. The maximum Gasteiger partial charge on any atom is 0.435 e. The van der Waals surface area contributed by atoms with Crippen molar-refractivity contribution in [2.45, 2.75) is 26.4 Å². The molecule has 96 valence electrons. The average Bonchev–Trinajstić information content (AvgIpc) is 2.55. The first-order valence-electron chi connectivity index (χ1n) is 5.36. The van der Waals surface area contributed by atoms with Crippen LogP contribution in [0.15, 0.2) is 27.3 Å². The normalized spacial score (nSPS) is 11.8. The summed E-state index contributed by atoms with van der Waals surface area (Å²) in [4.78, 5) is 12.0. The highest BCUT2D eigenvalue weighted by Crippen LogP contribution is 2.30. The molecule has 0 aliphatic heterocycles. The summed E-state index contributed by atoms with van der Waals surface area (Å²) in [6.45, 7) is 5.46. The van der Waals surface area contributed by atoms with Crippen LogP contribution in [0.1, 0.15) is 20.8 Å². The number of hydrogen-bond acceptors (Lipinski definition) is 3. The smallest absolute Gasteiger partial charge is 0.435 e. The van der Waals surface area contributed by atoms with Crippen molar-refractivity contribution in [1.29, 1.82) is 0 Å². The van der Waals surface area contributed by atoms with Gasteiger partial charge in [0.05, 0.1) is 5.52 Å². The van der Waals surface area contributed by atoms with Gasteiger partial charge in [-0.05, 0) is 64.8 Å². The van der Waals surface area contributed by atoms with Gasteiger partial charge in [-0.1, -0.05) is 6.07 Å². The molecule has 0 unspecified atom stereocenters. The second kappa shape index (κ2) is 4.66. The third-order valence-electron chi connectivity index (χ3n) is 2.18. The predicted octanol–water partition coefficient (Wildman–Crippen LogP) is 4.34. The molecule has 1 aromatic heterocycles. The van der Waals surface area contributed by atoms with Crippen LogP contribution in [0.3, 0.4) is 0 Å². The van der Waals surface area contributed by atoms with Gasteiger partial charge in [-0.15, -0.1) is 0 Å². The minimum absolute atomic E-state index is 0.490. The van der Waals surface area contributed by atoms with Gasteiger partial charge in [-0.25, -0.2) is 4.79 Å². The number of nitrogens with zero attached hydrogens (tertiary/aromatic N) is 2. The van der Waals surface area contributed by atoms with Crippen LogP contribution in [-0.2, 0) is 4.74 Å². The number of carbonyl (C=O) groups excluding carboxylic acids is 1. The molecule has 0 spiro atoms. The lowest BCUT2D eigenvalue weighted by Gasteiger charge is -2.19. The number of aromatic nitrogens is 2. The van der Waals surface area contributed by atoms with E-state index in [0.29, 0.717) is 10.1 Å². The molecule has 4 nitrogen and oxygen atoms in total. The van der Waals surface area contributed by atoms with Gasteiger partial charge >= 0.3 is 6.09 Å². The summed E-state index contributed by atoms with van der Waals surface area (Å²) in [5.74, 6) is 0. The lowest BCUT2D eigenvalue weighted by molar-refractivity contribution is 0.0522. The summed E-state index contributed by atoms with van der Waals surface area (Å²) in [5.41, 5.74) is 0.152. The van der Waals surface area contributed by atoms with E-state index in [9.17, 15) is 4.79 Å². The second-order valence-electron chi connectivity index (χ2n) is 4.82. The topological polar surface area (TPSA) is 44.1 Å². The van der Waals surface area contributed by atoms with Crippen molar-refractivity contribution in [1.82, 2.24) is 9.78 Å². The third kappa shape index (κ3) is 2.59. The summed E-state index contributed by atoms with van der Waals surface area (Å²) >= 11 is 6.78. The molecule has 0 N–H and O–H groups in total. The fourth-order valence-corrected chi connectivity index (χ4v) is 2.91. The Bertz CT molecular complexity index is 614. The van der Waals surface area contributed by atoms with E-state index in [-0.39, 0.29) is 0 Å². The van der Waals surface area contributed by atoms with E-state index >= 15 is 0 Å². The van der Waals surface area contributed by atoms with Crippen molar-refractivity contribution in [2.24, 2.45) is 0 Å². The first kappa shape index (κ1) is 13.5. The fourth-order valence-electron chi connectivity index (χ4n) is 1.53. The molecule has 0 amide bonds. The molecule has 0 saturated heterocycles. The highest BCUT2D eigenvalue weighted by molar-refractivity contribution is 9.11. The van der Waals surface area contributed by atoms with Gasteiger partial charge in [-0.2, -0.15) is 9.78 Å². The van der Waals surface area contributed by atoms with E-state index in [1.165, 1.54) is 4.68 Å². The van der Waals surface area contributed by atoms with Gasteiger partial charge in [0.15, 0.2) is 0 Å². The zero-order valence-electron chi connectivity index (χ0n) is 10.2. The van der Waals surface area contributed by atoms with Crippen LogP contribution in [0.25, 0.3) is 10.9 Å². The van der Waals surface area contributed by atoms with Gasteiger partial charge in [0.2, 0.25) is 0 Å². The van der Waals surface area contributed by atoms with Gasteiger partial charge in [0.25, 0.3) is 0 Å². The quantitative estimate of drug-likeness (QED) is 0.687. The molecule has 0 radical (unpaired) electrons. The number of benzene rings is 1. The summed E-state index contributed by atoms with van der Waals surface area (Å²) in [6, 6.07) is 5.57. The molecule has 0 atom stereocenters. The van der Waals surface area contributed by atoms with Crippen molar-refractivity contribution in [2.75, 3.05) is 0 Å². The average molecular weight is 376 g/mol. The maximum atomic E-state index is 12.0. The predicted molar refractivity (Wildman–Crippen MR) is 76.8 cm³/mol. The van der Waals surface area contributed by atoms with E-state index in [2.05, 4.69) is 37.0 Å². The Hall–Kier alpha value is -0.880. The highest BCUT2D eigenvalue weighted by Gasteiger charge is 2.22. The third-order valence-corrected chi connectivity index (χ3v) is 3.40. The Morgan fingerprint density at radius 3 is 2.61 bits per heavy atom. The number of carbonyl (C=O) groups is 1. The molecule has 1 heterocycles. The molecule has 18 heavy (non-hydrogen) atoms. The van der Waals surface area contributed by atoms with Crippen LogP contribution in [-0.4, -0.2) is 21.5 Å². The second-order valence-corrected chi connectivity index (χ2v) is 6.42. The van der Waals surface area contributed by atoms with Gasteiger partial charge in [0, 0.05) is 9.86 Å². The maximum absolute atomic E-state index is 12.0. The van der Waals surface area contributed by atoms with Crippen molar-refractivity contribution >= 4 is 48.9 Å². The van der Waals surface area contributed by atoms with Crippen molar-refractivity contribution in [3.05, 3.63) is 27.3 Å². The van der Waals surface area contributed by atoms with Crippen LogP contribution >= 0.6 is 31.9 Å². The van der Waals surface area contributed by atoms with E-state index in [1.807, 2.05) is 39.0 Å². The molecule has 0 aliphatic carbocycles. The lowest BCUT2D eigenvalue weighted by atomic mass is 10.2. The summed E-state index contributed by atoms with van der Waals surface area (Å²) < 4.78 is 8.05. The Morgan fingerprint density at radius 2 is 2.00 bits per heavy atom. The molecule has 0 aliphatic rings. The summed E-state index contributed by atoms with van der Waals surface area (Å²) in [6.07, 6.45) is -0.490. The first-order chi connectivity index (χ1) is 8.29. The Labute approximate surface area is 122 Å². The summed E-state index contributed by atoms with van der Waals surface area (Å²) in [7, 11) is 0. The van der Waals surface area contributed by atoms with Gasteiger partial charge in [0.1, 0.15) is 10.2 Å². The molecule has 0 fully saturated rings. The monoisotopic (exact) mass is 374 g/mol. The van der Waals surface area contributed by atoms with Crippen molar-refractivity contribution in [3.8, 4) is 0 Å². The highest BCUT2D eigenvalue weighted by atomic mass is 79.9. The molecule has 2 aromatic rings. The number of halogens is 2. The molecule has 2 rings (SSSR count). The SMILES string of the molecule is CC(C)(C)OC(=O)n1nc(Br)c2c(Br)cccc21. The largest absolute Gasteiger partial charge is 0.442 e. The van der Waals surface area contributed by atoms with Gasteiger partial charge in [-0.3, -0.25) is 0 Å². The van der Waals surface area contributed by atoms with Crippen LogP contribution in [0, 0.1) is 0 Å². The molecule has 6 heteroatoms. The van der Waals surface area contributed by atoms with Crippen LogP contribution in [0.5, 0.6) is 0 Å². The Kier molecular flexibility index (Phi) is 3.51. The van der Waals surface area contributed by atoms with E-state index < -0.39 is 11.7 Å². The molecule has 0 bridgehead atoms. The van der Waals surface area contributed by atoms with Crippen LogP contribution in [0.2, 0.25) is 0 Å². The van der Waals surface area contributed by atoms with E-state index in [1.54, 1.807) is 0 Å². The number of ether oxygens (including phenoxy) is 1. The van der Waals surface area contributed by atoms with Crippen molar-refractivity contribution in [3.63, 3.8) is 0 Å². The Morgan fingerprint density at radius 1 is 1.33 bits per heavy atom. The molecular formula is C12H12Br2N2O2. The number of rotatable bonds is 0. The van der Waals surface area contributed by atoms with Crippen molar-refractivity contribution < 1.29 is 9.53 Å². The zero-order valence-corrected chi connectivity index (χ0v) is 13.4. The van der Waals surface area contributed by atoms with E-state index in [4.69, 9.17) is 4.74 Å². The first-order valence-corrected chi connectivity index (χ1v) is 6.94. The zero-order chi connectivity index (χ0) is 13.5. The lowest BCUT2D eigenvalue weighted by Crippen LogP contribution is -2.27. The van der Waals surface area contributed by atoms with Gasteiger partial charge < -0.3 is 4.74 Å². The minimum atomic E-state index is -0.548. The number of fused-ring (bicyclic) bond motifs is 1. The van der Waals surface area contributed by atoms with Crippen LogP contribution in [0.4, 0.5) is 4.79 Å². The fraction of sp³-hybridized carbons (Fsp3) is 0.333.